The highest BCUT2D eigenvalue weighted by atomic mass is 79.9. The second-order valence-corrected chi connectivity index (χ2v) is 5.33. The van der Waals surface area contributed by atoms with E-state index in [0.29, 0.717) is 32.3 Å². The normalized spacial score (nSPS) is 10.8. The molecule has 19 heavy (non-hydrogen) atoms. The third-order valence-corrected chi connectivity index (χ3v) is 4.08. The van der Waals surface area contributed by atoms with Crippen LogP contribution >= 0.6 is 39.3 Å². The minimum Gasteiger partial charge on any atom is -0.383 e. The molecule has 0 spiro atoms. The first-order valence-electron chi connectivity index (χ1n) is 5.10. The maximum absolute atomic E-state index is 6.19. The van der Waals surface area contributed by atoms with Crippen LogP contribution < -0.4 is 11.1 Å². The molecule has 0 fully saturated rings. The van der Waals surface area contributed by atoms with Crippen LogP contribution in [0.2, 0.25) is 5.02 Å². The Labute approximate surface area is 125 Å². The van der Waals surface area contributed by atoms with Crippen molar-refractivity contribution < 1.29 is 0 Å². The number of anilines is 3. The number of hydrogen-bond donors (Lipinski definition) is 2. The molecule has 3 aromatic rings. The quantitative estimate of drug-likeness (QED) is 0.732. The van der Waals surface area contributed by atoms with Crippen LogP contribution in [0.3, 0.4) is 0 Å². The van der Waals surface area contributed by atoms with Gasteiger partial charge < -0.3 is 11.1 Å². The summed E-state index contributed by atoms with van der Waals surface area (Å²) in [5, 5.41) is 3.64. The molecular weight excluding hydrogens is 352 g/mol. The van der Waals surface area contributed by atoms with Crippen molar-refractivity contribution in [3.8, 4) is 0 Å². The fraction of sp³-hybridized carbons (Fsp3) is 0. The van der Waals surface area contributed by atoms with Crippen LogP contribution in [0.1, 0.15) is 0 Å². The molecule has 0 atom stereocenters. The van der Waals surface area contributed by atoms with Gasteiger partial charge in [-0.1, -0.05) is 11.6 Å². The third-order valence-electron chi connectivity index (χ3n) is 2.44. The highest BCUT2D eigenvalue weighted by Crippen LogP contribution is 2.34. The fourth-order valence-corrected chi connectivity index (χ4v) is 2.58. The molecule has 9 heteroatoms. The summed E-state index contributed by atoms with van der Waals surface area (Å²) in [6.45, 7) is 0. The Hall–Kier alpha value is -1.51. The molecule has 2 heterocycles. The average Bonchev–Trinajstić information content (AvgIpc) is 2.86. The minimum absolute atomic E-state index is 0.345. The molecule has 96 valence electrons. The molecule has 0 saturated carbocycles. The van der Waals surface area contributed by atoms with Crippen molar-refractivity contribution in [2.75, 3.05) is 11.1 Å². The van der Waals surface area contributed by atoms with Gasteiger partial charge in [-0.15, -0.1) is 0 Å². The Morgan fingerprint density at radius 1 is 1.26 bits per heavy atom. The predicted octanol–water partition coefficient (Wildman–Crippen LogP) is 3.22. The Morgan fingerprint density at radius 2 is 2.11 bits per heavy atom. The number of nitrogens with one attached hydrogen (secondary N) is 1. The lowest BCUT2D eigenvalue weighted by Crippen LogP contribution is -2.00. The summed E-state index contributed by atoms with van der Waals surface area (Å²) in [5.41, 5.74) is 7.82. The number of nitrogens with zero attached hydrogens (tertiary/aromatic N) is 4. The Morgan fingerprint density at radius 3 is 2.95 bits per heavy atom. The third kappa shape index (κ3) is 2.22. The highest BCUT2D eigenvalue weighted by Gasteiger charge is 2.13. The van der Waals surface area contributed by atoms with Gasteiger partial charge in [0, 0.05) is 0 Å². The van der Waals surface area contributed by atoms with E-state index in [0.717, 1.165) is 17.2 Å². The van der Waals surface area contributed by atoms with Crippen LogP contribution in [0.15, 0.2) is 22.9 Å². The monoisotopic (exact) mass is 356 g/mol. The zero-order valence-corrected chi connectivity index (χ0v) is 12.4. The zero-order valence-electron chi connectivity index (χ0n) is 9.26. The first-order valence-corrected chi connectivity index (χ1v) is 7.00. The van der Waals surface area contributed by atoms with Gasteiger partial charge in [-0.25, -0.2) is 9.97 Å². The molecule has 2 aromatic heterocycles. The number of aromatic nitrogens is 4. The number of rotatable bonds is 2. The number of nitrogens with two attached hydrogens (primary N) is 1. The van der Waals surface area contributed by atoms with Crippen molar-refractivity contribution >= 4 is 67.6 Å². The van der Waals surface area contributed by atoms with Crippen LogP contribution in [0, 0.1) is 0 Å². The lowest BCUT2D eigenvalue weighted by Gasteiger charge is -2.10. The average molecular weight is 358 g/mol. The topological polar surface area (TPSA) is 89.6 Å². The first kappa shape index (κ1) is 12.5. The van der Waals surface area contributed by atoms with E-state index >= 15 is 0 Å². The van der Waals surface area contributed by atoms with Crippen LogP contribution in [-0.2, 0) is 0 Å². The molecule has 0 saturated heterocycles. The second kappa shape index (κ2) is 4.87. The summed E-state index contributed by atoms with van der Waals surface area (Å²) in [6, 6.07) is 3.57. The van der Waals surface area contributed by atoms with Crippen LogP contribution in [-0.4, -0.2) is 18.7 Å². The second-order valence-electron chi connectivity index (χ2n) is 3.60. The lowest BCUT2D eigenvalue weighted by molar-refractivity contribution is 1.16. The van der Waals surface area contributed by atoms with E-state index in [1.54, 1.807) is 6.07 Å². The molecular formula is C10H6BrClN6S. The van der Waals surface area contributed by atoms with E-state index in [9.17, 15) is 0 Å². The summed E-state index contributed by atoms with van der Waals surface area (Å²) in [5.74, 6) is 0.868. The molecule has 1 aromatic carbocycles. The predicted molar refractivity (Wildman–Crippen MR) is 79.9 cm³/mol. The van der Waals surface area contributed by atoms with Gasteiger partial charge >= 0.3 is 0 Å². The number of halogens is 2. The van der Waals surface area contributed by atoms with Gasteiger partial charge in [-0.2, -0.15) is 8.75 Å². The summed E-state index contributed by atoms with van der Waals surface area (Å²) in [7, 11) is 0. The summed E-state index contributed by atoms with van der Waals surface area (Å²) < 4.78 is 8.96. The van der Waals surface area contributed by atoms with Crippen LogP contribution in [0.5, 0.6) is 0 Å². The van der Waals surface area contributed by atoms with Gasteiger partial charge in [0.1, 0.15) is 33.5 Å². The van der Waals surface area contributed by atoms with Gasteiger partial charge in [0.15, 0.2) is 0 Å². The molecule has 3 rings (SSSR count). The lowest BCUT2D eigenvalue weighted by atomic mass is 10.2. The van der Waals surface area contributed by atoms with Crippen LogP contribution in [0.25, 0.3) is 11.0 Å². The van der Waals surface area contributed by atoms with Gasteiger partial charge in [-0.05, 0) is 28.1 Å². The zero-order chi connectivity index (χ0) is 13.4. The smallest absolute Gasteiger partial charge is 0.150 e. The standard InChI is InChI=1S/C10H6BrClN6S/c11-6-9(13)14-3-15-10(6)16-7-4(12)1-2-5-8(7)18-19-17-5/h1-3H,(H3,13,14,15,16). The Balaban J connectivity index is 2.13. The van der Waals surface area contributed by atoms with E-state index in [2.05, 4.69) is 40.0 Å². The molecule has 0 aliphatic carbocycles. The fourth-order valence-electron chi connectivity index (χ4n) is 1.53. The van der Waals surface area contributed by atoms with E-state index in [1.807, 2.05) is 6.07 Å². The molecule has 0 aliphatic rings. The molecule has 0 unspecified atom stereocenters. The number of nitrogen functional groups attached to an aromatic ring is 1. The van der Waals surface area contributed by atoms with Crippen molar-refractivity contribution in [1.29, 1.82) is 0 Å². The van der Waals surface area contributed by atoms with E-state index < -0.39 is 0 Å². The molecule has 3 N–H and O–H groups in total. The van der Waals surface area contributed by atoms with Crippen molar-refractivity contribution in [3.05, 3.63) is 28.0 Å². The number of hydrogen-bond acceptors (Lipinski definition) is 7. The van der Waals surface area contributed by atoms with E-state index in [1.165, 1.54) is 6.33 Å². The number of fused-ring (bicyclic) bond motifs is 1. The van der Waals surface area contributed by atoms with Crippen LogP contribution in [0.4, 0.5) is 17.3 Å². The van der Waals surface area contributed by atoms with Gasteiger partial charge in [-0.3, -0.25) is 0 Å². The van der Waals surface area contributed by atoms with E-state index in [-0.39, 0.29) is 0 Å². The Kier molecular flexibility index (Phi) is 3.21. The van der Waals surface area contributed by atoms with Gasteiger partial charge in [0.05, 0.1) is 22.4 Å². The van der Waals surface area contributed by atoms with Gasteiger partial charge in [0.2, 0.25) is 0 Å². The van der Waals surface area contributed by atoms with Crippen molar-refractivity contribution in [1.82, 2.24) is 18.7 Å². The Bertz CT molecular complexity index is 761. The molecule has 0 radical (unpaired) electrons. The summed E-state index contributed by atoms with van der Waals surface area (Å²) >= 11 is 10.6. The minimum atomic E-state index is 0.345. The first-order chi connectivity index (χ1) is 9.16. The summed E-state index contributed by atoms with van der Waals surface area (Å²) in [4.78, 5) is 7.99. The van der Waals surface area contributed by atoms with Crippen molar-refractivity contribution in [3.63, 3.8) is 0 Å². The maximum atomic E-state index is 6.19. The summed E-state index contributed by atoms with van der Waals surface area (Å²) in [6.07, 6.45) is 1.37. The molecule has 0 aliphatic heterocycles. The van der Waals surface area contributed by atoms with Crippen molar-refractivity contribution in [2.24, 2.45) is 0 Å². The van der Waals surface area contributed by atoms with Crippen molar-refractivity contribution in [2.45, 2.75) is 0 Å². The van der Waals surface area contributed by atoms with Gasteiger partial charge in [0.25, 0.3) is 0 Å². The molecule has 6 nitrogen and oxygen atoms in total. The highest BCUT2D eigenvalue weighted by molar-refractivity contribution is 9.10. The SMILES string of the molecule is Nc1ncnc(Nc2c(Cl)ccc3nsnc23)c1Br. The molecule has 0 amide bonds. The maximum Gasteiger partial charge on any atom is 0.150 e. The largest absolute Gasteiger partial charge is 0.383 e. The number of benzene rings is 1. The van der Waals surface area contributed by atoms with E-state index in [4.69, 9.17) is 17.3 Å². The molecule has 0 bridgehead atoms.